The van der Waals surface area contributed by atoms with Crippen molar-refractivity contribution in [2.75, 3.05) is 26.2 Å². The summed E-state index contributed by atoms with van der Waals surface area (Å²) in [6.07, 6.45) is -3.68. The van der Waals surface area contributed by atoms with Crippen molar-refractivity contribution in [1.82, 2.24) is 4.90 Å². The first-order valence-electron chi connectivity index (χ1n) is 11.5. The van der Waals surface area contributed by atoms with E-state index < -0.39 is 17.5 Å². The molecule has 0 bridgehead atoms. The fraction of sp³-hybridized carbons (Fsp3) is 0.259. The lowest BCUT2D eigenvalue weighted by Crippen LogP contribution is -2.27. The normalized spacial score (nSPS) is 15.2. The first-order valence-corrected chi connectivity index (χ1v) is 11.5. The Morgan fingerprint density at radius 2 is 1.73 bits per heavy atom. The molecule has 10 heteroatoms. The van der Waals surface area contributed by atoms with E-state index in [0.717, 1.165) is 11.6 Å². The highest BCUT2D eigenvalue weighted by Crippen LogP contribution is 2.51. The Bertz CT molecular complexity index is 1380. The molecule has 1 heterocycles. The van der Waals surface area contributed by atoms with Crippen molar-refractivity contribution in [3.63, 3.8) is 0 Å². The quantitative estimate of drug-likeness (QED) is 0.482. The summed E-state index contributed by atoms with van der Waals surface area (Å²) in [7, 11) is 3.16. The van der Waals surface area contributed by atoms with Gasteiger partial charge in [0, 0.05) is 30.9 Å². The fourth-order valence-electron chi connectivity index (χ4n) is 4.34. The number of nitrogens with zero attached hydrogens (tertiary/aromatic N) is 1. The number of benzene rings is 3. The van der Waals surface area contributed by atoms with Crippen molar-refractivity contribution in [2.45, 2.75) is 24.6 Å². The number of rotatable bonds is 6. The van der Waals surface area contributed by atoms with Gasteiger partial charge in [0.2, 0.25) is 12.7 Å². The maximum Gasteiger partial charge on any atom is 0.573 e. The smallest absolute Gasteiger partial charge is 0.454 e. The van der Waals surface area contributed by atoms with Gasteiger partial charge in [0.05, 0.1) is 5.41 Å². The molecule has 0 unspecified atom stereocenters. The average molecular weight is 512 g/mol. The number of nitrogens with one attached hydrogen (secondary N) is 1. The van der Waals surface area contributed by atoms with Gasteiger partial charge < -0.3 is 24.4 Å². The van der Waals surface area contributed by atoms with E-state index >= 15 is 0 Å². The van der Waals surface area contributed by atoms with E-state index in [0.29, 0.717) is 41.2 Å². The van der Waals surface area contributed by atoms with Crippen LogP contribution in [0.25, 0.3) is 11.1 Å². The topological polar surface area (TPSA) is 77.1 Å². The van der Waals surface area contributed by atoms with Gasteiger partial charge in [-0.2, -0.15) is 0 Å². The Morgan fingerprint density at radius 3 is 2.43 bits per heavy atom. The molecule has 0 spiro atoms. The number of carbonyl (C=O) groups excluding carboxylic acids is 2. The van der Waals surface area contributed by atoms with Crippen LogP contribution < -0.4 is 19.5 Å². The molecule has 3 aromatic rings. The zero-order chi connectivity index (χ0) is 26.4. The van der Waals surface area contributed by atoms with Crippen molar-refractivity contribution < 1.29 is 37.0 Å². The van der Waals surface area contributed by atoms with E-state index in [1.807, 2.05) is 6.07 Å². The van der Waals surface area contributed by atoms with E-state index in [9.17, 15) is 22.8 Å². The fourth-order valence-corrected chi connectivity index (χ4v) is 4.34. The summed E-state index contributed by atoms with van der Waals surface area (Å²) < 4.78 is 54.4. The second-order valence-electron chi connectivity index (χ2n) is 9.14. The molecule has 192 valence electrons. The number of fused-ring (bicyclic) bond motifs is 1. The number of halogens is 3. The Labute approximate surface area is 210 Å². The first-order chi connectivity index (χ1) is 17.6. The predicted octanol–water partition coefficient (Wildman–Crippen LogP) is 5.35. The van der Waals surface area contributed by atoms with Gasteiger partial charge in [-0.05, 0) is 66.4 Å². The molecule has 0 radical (unpaired) electrons. The monoisotopic (exact) mass is 512 g/mol. The third-order valence-corrected chi connectivity index (χ3v) is 6.40. The molecule has 0 aromatic heterocycles. The van der Waals surface area contributed by atoms with Crippen molar-refractivity contribution in [1.29, 1.82) is 0 Å². The average Bonchev–Trinajstić information content (AvgIpc) is 3.54. The Balaban J connectivity index is 1.46. The Morgan fingerprint density at radius 1 is 0.973 bits per heavy atom. The molecule has 3 aromatic carbocycles. The van der Waals surface area contributed by atoms with Crippen LogP contribution in [0.2, 0.25) is 0 Å². The maximum atomic E-state index is 13.3. The van der Waals surface area contributed by atoms with Crippen LogP contribution in [0.15, 0.2) is 60.7 Å². The molecule has 1 fully saturated rings. The highest BCUT2D eigenvalue weighted by molar-refractivity contribution is 6.02. The molecule has 1 aliphatic carbocycles. The molecule has 1 N–H and O–H groups in total. The van der Waals surface area contributed by atoms with Crippen LogP contribution in [0.5, 0.6) is 17.2 Å². The summed E-state index contributed by atoms with van der Waals surface area (Å²) in [5, 5.41) is 2.84. The van der Waals surface area contributed by atoms with Crippen LogP contribution in [-0.4, -0.2) is 44.0 Å². The standard InChI is InChI=1S/C27H23F3N2O5/c1-32(2)24(33)17-5-3-4-16(12-17)20-14-19(7-9-21(20)37-27(28,29)30)31-25(34)26(10-11-26)18-6-8-22-23(13-18)36-15-35-22/h3-9,12-14H,10-11,15H2,1-2H3,(H,31,34). The van der Waals surface area contributed by atoms with Gasteiger partial charge in [-0.25, -0.2) is 0 Å². The predicted molar refractivity (Wildman–Crippen MR) is 129 cm³/mol. The first kappa shape index (κ1) is 24.5. The summed E-state index contributed by atoms with van der Waals surface area (Å²) in [4.78, 5) is 27.1. The lowest BCUT2D eigenvalue weighted by molar-refractivity contribution is -0.274. The molecule has 5 rings (SSSR count). The lowest BCUT2D eigenvalue weighted by Gasteiger charge is -2.19. The number of alkyl halides is 3. The van der Waals surface area contributed by atoms with E-state index in [-0.39, 0.29) is 24.2 Å². The second kappa shape index (κ2) is 9.02. The molecule has 0 atom stereocenters. The summed E-state index contributed by atoms with van der Waals surface area (Å²) >= 11 is 0. The highest BCUT2D eigenvalue weighted by Gasteiger charge is 2.51. The van der Waals surface area contributed by atoms with E-state index in [2.05, 4.69) is 10.1 Å². The minimum absolute atomic E-state index is 0.0801. The van der Waals surface area contributed by atoms with E-state index in [1.165, 1.54) is 23.1 Å². The van der Waals surface area contributed by atoms with E-state index in [4.69, 9.17) is 9.47 Å². The number of hydrogen-bond donors (Lipinski definition) is 1. The molecule has 7 nitrogen and oxygen atoms in total. The van der Waals surface area contributed by atoms with Crippen LogP contribution in [-0.2, 0) is 10.2 Å². The molecular weight excluding hydrogens is 489 g/mol. The minimum atomic E-state index is -4.92. The number of carbonyl (C=O) groups is 2. The number of amides is 2. The second-order valence-corrected chi connectivity index (χ2v) is 9.14. The molecule has 1 aliphatic heterocycles. The van der Waals surface area contributed by atoms with Crippen LogP contribution in [0.3, 0.4) is 0 Å². The van der Waals surface area contributed by atoms with Crippen LogP contribution in [0.1, 0.15) is 28.8 Å². The van der Waals surface area contributed by atoms with Gasteiger partial charge in [-0.15, -0.1) is 13.2 Å². The highest BCUT2D eigenvalue weighted by atomic mass is 19.4. The largest absolute Gasteiger partial charge is 0.573 e. The number of anilines is 1. The Kier molecular flexibility index (Phi) is 5.97. The van der Waals surface area contributed by atoms with Crippen molar-refractivity contribution in [3.05, 3.63) is 71.8 Å². The number of hydrogen-bond acceptors (Lipinski definition) is 5. The van der Waals surface area contributed by atoms with Crippen molar-refractivity contribution >= 4 is 17.5 Å². The van der Waals surface area contributed by atoms with Gasteiger partial charge in [-0.3, -0.25) is 9.59 Å². The van der Waals surface area contributed by atoms with Gasteiger partial charge >= 0.3 is 6.36 Å². The Hall–Kier alpha value is -4.21. The van der Waals surface area contributed by atoms with Crippen LogP contribution >= 0.6 is 0 Å². The van der Waals surface area contributed by atoms with Crippen molar-refractivity contribution in [2.24, 2.45) is 0 Å². The van der Waals surface area contributed by atoms with Gasteiger partial charge in [0.15, 0.2) is 11.5 Å². The third-order valence-electron chi connectivity index (χ3n) is 6.40. The molecule has 2 aliphatic rings. The maximum absolute atomic E-state index is 13.3. The molecular formula is C27H23F3N2O5. The van der Waals surface area contributed by atoms with Gasteiger partial charge in [0.1, 0.15) is 5.75 Å². The van der Waals surface area contributed by atoms with Crippen LogP contribution in [0, 0.1) is 0 Å². The van der Waals surface area contributed by atoms with Gasteiger partial charge in [0.25, 0.3) is 5.91 Å². The SMILES string of the molecule is CN(C)C(=O)c1cccc(-c2cc(NC(=O)C3(c4ccc5c(c4)OCO5)CC3)ccc2OC(F)(F)F)c1. The van der Waals surface area contributed by atoms with Crippen molar-refractivity contribution in [3.8, 4) is 28.4 Å². The molecule has 2 amide bonds. The zero-order valence-electron chi connectivity index (χ0n) is 20.0. The number of ether oxygens (including phenoxy) is 3. The van der Waals surface area contributed by atoms with E-state index in [1.54, 1.807) is 44.4 Å². The summed E-state index contributed by atoms with van der Waals surface area (Å²) in [5.41, 5.74) is 1.03. The summed E-state index contributed by atoms with van der Waals surface area (Å²) in [6, 6.07) is 15.5. The van der Waals surface area contributed by atoms with Gasteiger partial charge in [-0.1, -0.05) is 18.2 Å². The molecule has 37 heavy (non-hydrogen) atoms. The summed E-state index contributed by atoms with van der Waals surface area (Å²) in [5.74, 6) is 0.152. The van der Waals surface area contributed by atoms with Crippen LogP contribution in [0.4, 0.5) is 18.9 Å². The third kappa shape index (κ3) is 4.91. The molecule has 1 saturated carbocycles. The lowest BCUT2D eigenvalue weighted by atomic mass is 9.94. The molecule has 0 saturated heterocycles. The minimum Gasteiger partial charge on any atom is -0.454 e. The summed E-state index contributed by atoms with van der Waals surface area (Å²) in [6.45, 7) is 0.119. The zero-order valence-corrected chi connectivity index (χ0v) is 20.0.